The van der Waals surface area contributed by atoms with Crippen LogP contribution in [0.2, 0.25) is 0 Å². The molecule has 2 atom stereocenters. The van der Waals surface area contributed by atoms with Crippen LogP contribution in [0.1, 0.15) is 72.1 Å². The molecule has 2 N–H and O–H groups in total. The molecule has 0 aliphatic heterocycles. The molecular weight excluding hydrogens is 214 g/mol. The number of rotatable bonds is 10. The third-order valence-electron chi connectivity index (χ3n) is 2.95. The fourth-order valence-electron chi connectivity index (χ4n) is 1.75. The quantitative estimate of drug-likeness (QED) is 0.472. The van der Waals surface area contributed by atoms with Crippen LogP contribution in [0.5, 0.6) is 0 Å². The second kappa shape index (κ2) is 10.6. The largest absolute Gasteiger partial charge is 0.462 e. The molecule has 0 fully saturated rings. The third-order valence-corrected chi connectivity index (χ3v) is 2.95. The highest BCUT2D eigenvalue weighted by Crippen LogP contribution is 2.09. The Hall–Kier alpha value is -0.570. The summed E-state index contributed by atoms with van der Waals surface area (Å²) in [7, 11) is 0. The number of hydrogen-bond acceptors (Lipinski definition) is 3. The van der Waals surface area contributed by atoms with E-state index in [4.69, 9.17) is 10.5 Å². The number of carbonyl (C=O) groups excluding carboxylic acids is 1. The van der Waals surface area contributed by atoms with Gasteiger partial charge in [-0.05, 0) is 26.2 Å². The van der Waals surface area contributed by atoms with Gasteiger partial charge in [-0.1, -0.05) is 46.0 Å². The third kappa shape index (κ3) is 9.16. The van der Waals surface area contributed by atoms with Gasteiger partial charge in [0.2, 0.25) is 0 Å². The van der Waals surface area contributed by atoms with Gasteiger partial charge in [-0.25, -0.2) is 0 Å². The molecule has 0 heterocycles. The molecule has 0 bridgehead atoms. The van der Waals surface area contributed by atoms with Crippen LogP contribution in [0.25, 0.3) is 0 Å². The van der Waals surface area contributed by atoms with E-state index in [2.05, 4.69) is 13.8 Å². The highest BCUT2D eigenvalue weighted by atomic mass is 16.5. The number of unbranched alkanes of at least 4 members (excludes halogenated alkanes) is 4. The van der Waals surface area contributed by atoms with E-state index in [-0.39, 0.29) is 12.1 Å². The van der Waals surface area contributed by atoms with E-state index in [0.717, 1.165) is 32.1 Å². The summed E-state index contributed by atoms with van der Waals surface area (Å²) in [6, 6.07) is -0.437. The first-order valence-corrected chi connectivity index (χ1v) is 7.07. The first kappa shape index (κ1) is 16.4. The van der Waals surface area contributed by atoms with Crippen molar-refractivity contribution in [2.75, 3.05) is 0 Å². The van der Waals surface area contributed by atoms with E-state index < -0.39 is 6.04 Å². The average Bonchev–Trinajstić information content (AvgIpc) is 2.31. The maximum atomic E-state index is 11.6. The van der Waals surface area contributed by atoms with Crippen molar-refractivity contribution in [1.29, 1.82) is 0 Å². The van der Waals surface area contributed by atoms with Crippen molar-refractivity contribution in [2.45, 2.75) is 84.3 Å². The molecule has 0 spiro atoms. The van der Waals surface area contributed by atoms with Crippen LogP contribution in [-0.2, 0) is 9.53 Å². The Labute approximate surface area is 106 Å². The lowest BCUT2D eigenvalue weighted by Gasteiger charge is -2.16. The summed E-state index contributed by atoms with van der Waals surface area (Å²) in [5, 5.41) is 0. The summed E-state index contributed by atoms with van der Waals surface area (Å²) < 4.78 is 5.33. The van der Waals surface area contributed by atoms with E-state index in [1.54, 1.807) is 0 Å². The van der Waals surface area contributed by atoms with Crippen LogP contribution in [0.15, 0.2) is 0 Å². The van der Waals surface area contributed by atoms with Crippen molar-refractivity contribution in [3.05, 3.63) is 0 Å². The molecule has 0 amide bonds. The second-order valence-corrected chi connectivity index (χ2v) is 4.85. The molecule has 0 unspecified atom stereocenters. The molecule has 0 aromatic carbocycles. The first-order chi connectivity index (χ1) is 8.11. The van der Waals surface area contributed by atoms with Crippen LogP contribution in [0.4, 0.5) is 0 Å². The fraction of sp³-hybridized carbons (Fsp3) is 0.929. The van der Waals surface area contributed by atoms with E-state index in [9.17, 15) is 4.79 Å². The van der Waals surface area contributed by atoms with Gasteiger partial charge in [-0.15, -0.1) is 0 Å². The molecule has 3 heteroatoms. The van der Waals surface area contributed by atoms with Crippen LogP contribution in [-0.4, -0.2) is 18.1 Å². The fourth-order valence-corrected chi connectivity index (χ4v) is 1.75. The highest BCUT2D eigenvalue weighted by Gasteiger charge is 2.16. The summed E-state index contributed by atoms with van der Waals surface area (Å²) in [5.74, 6) is -0.235. The van der Waals surface area contributed by atoms with E-state index in [1.165, 1.54) is 19.3 Å². The van der Waals surface area contributed by atoms with Crippen LogP contribution >= 0.6 is 0 Å². The van der Waals surface area contributed by atoms with Crippen molar-refractivity contribution >= 4 is 5.97 Å². The van der Waals surface area contributed by atoms with Gasteiger partial charge in [0.25, 0.3) is 0 Å². The van der Waals surface area contributed by atoms with Gasteiger partial charge in [0.05, 0.1) is 6.10 Å². The predicted octanol–water partition coefficient (Wildman–Crippen LogP) is 3.41. The minimum Gasteiger partial charge on any atom is -0.462 e. The first-order valence-electron chi connectivity index (χ1n) is 7.07. The minimum absolute atomic E-state index is 0.00651. The van der Waals surface area contributed by atoms with Crippen molar-refractivity contribution < 1.29 is 9.53 Å². The zero-order valence-corrected chi connectivity index (χ0v) is 11.7. The van der Waals surface area contributed by atoms with Gasteiger partial charge in [0, 0.05) is 0 Å². The highest BCUT2D eigenvalue weighted by molar-refractivity contribution is 5.75. The van der Waals surface area contributed by atoms with Crippen LogP contribution in [0, 0.1) is 0 Å². The van der Waals surface area contributed by atoms with Gasteiger partial charge in [0.1, 0.15) is 6.04 Å². The van der Waals surface area contributed by atoms with Crippen molar-refractivity contribution in [3.8, 4) is 0 Å². The molecule has 0 rings (SSSR count). The Morgan fingerprint density at radius 2 is 1.71 bits per heavy atom. The number of ether oxygens (including phenoxy) is 1. The Kier molecular flexibility index (Phi) is 10.2. The summed E-state index contributed by atoms with van der Waals surface area (Å²) in [6.45, 7) is 6.24. The molecule has 0 aromatic heterocycles. The SMILES string of the molecule is CCCCCC[C@@H](C)OC(=O)[C@H](N)CCCC. The van der Waals surface area contributed by atoms with Gasteiger partial charge in [-0.2, -0.15) is 0 Å². The normalized spacial score (nSPS) is 14.4. The number of esters is 1. The maximum absolute atomic E-state index is 11.6. The Bertz CT molecular complexity index is 195. The van der Waals surface area contributed by atoms with E-state index in [1.807, 2.05) is 6.92 Å². The lowest BCUT2D eigenvalue weighted by atomic mass is 10.1. The molecule has 0 saturated carbocycles. The monoisotopic (exact) mass is 243 g/mol. The average molecular weight is 243 g/mol. The van der Waals surface area contributed by atoms with Gasteiger partial charge in [-0.3, -0.25) is 4.79 Å². The van der Waals surface area contributed by atoms with Crippen LogP contribution in [0.3, 0.4) is 0 Å². The molecule has 0 radical (unpaired) electrons. The van der Waals surface area contributed by atoms with E-state index >= 15 is 0 Å². The Morgan fingerprint density at radius 1 is 1.06 bits per heavy atom. The standard InChI is InChI=1S/C14H29NO2/c1-4-6-8-9-10-12(3)17-14(16)13(15)11-7-5-2/h12-13H,4-11,15H2,1-3H3/t12-,13-/m1/s1. The molecule has 102 valence electrons. The second-order valence-electron chi connectivity index (χ2n) is 4.85. The van der Waals surface area contributed by atoms with Gasteiger partial charge < -0.3 is 10.5 Å². The van der Waals surface area contributed by atoms with Crippen molar-refractivity contribution in [3.63, 3.8) is 0 Å². The maximum Gasteiger partial charge on any atom is 0.323 e. The lowest BCUT2D eigenvalue weighted by molar-refractivity contribution is -0.150. The van der Waals surface area contributed by atoms with E-state index in [0.29, 0.717) is 0 Å². The topological polar surface area (TPSA) is 52.3 Å². The molecular formula is C14H29NO2. The zero-order chi connectivity index (χ0) is 13.1. The summed E-state index contributed by atoms with van der Waals surface area (Å²) >= 11 is 0. The molecule has 17 heavy (non-hydrogen) atoms. The van der Waals surface area contributed by atoms with Crippen molar-refractivity contribution in [2.24, 2.45) is 5.73 Å². The molecule has 0 aliphatic rings. The van der Waals surface area contributed by atoms with Gasteiger partial charge in [0.15, 0.2) is 0 Å². The minimum atomic E-state index is -0.437. The molecule has 0 aliphatic carbocycles. The smallest absolute Gasteiger partial charge is 0.323 e. The molecule has 3 nitrogen and oxygen atoms in total. The number of hydrogen-bond donors (Lipinski definition) is 1. The summed E-state index contributed by atoms with van der Waals surface area (Å²) in [6.07, 6.45) is 8.59. The Morgan fingerprint density at radius 3 is 2.29 bits per heavy atom. The summed E-state index contributed by atoms with van der Waals surface area (Å²) in [5.41, 5.74) is 5.75. The van der Waals surface area contributed by atoms with Crippen molar-refractivity contribution in [1.82, 2.24) is 0 Å². The number of nitrogens with two attached hydrogens (primary N) is 1. The summed E-state index contributed by atoms with van der Waals surface area (Å²) in [4.78, 5) is 11.6. The van der Waals surface area contributed by atoms with Crippen LogP contribution < -0.4 is 5.73 Å². The predicted molar refractivity (Wildman–Crippen MR) is 71.8 cm³/mol. The zero-order valence-electron chi connectivity index (χ0n) is 11.7. The lowest BCUT2D eigenvalue weighted by Crippen LogP contribution is -2.34. The number of carbonyl (C=O) groups is 1. The Balaban J connectivity index is 3.63. The molecule has 0 saturated heterocycles. The molecule has 0 aromatic rings. The van der Waals surface area contributed by atoms with Gasteiger partial charge >= 0.3 is 5.97 Å².